The zero-order chi connectivity index (χ0) is 15.9. The molecular formula is C16H19ClO4. The quantitative estimate of drug-likeness (QED) is 0.487. The highest BCUT2D eigenvalue weighted by molar-refractivity contribution is 6.38. The number of hydrogen-bond acceptors (Lipinski definition) is 4. The Kier molecular flexibility index (Phi) is 3.79. The lowest BCUT2D eigenvalue weighted by Gasteiger charge is -2.25. The molecule has 114 valence electrons. The molecule has 0 heterocycles. The standard InChI is InChI=1S/C16H19ClO4/c1-14(2,3)21-13(19)16(9-15(16,17)10-18)11-6-5-7-12(8-11)20-4/h5-8,10H,9H2,1-4H3/t15-,16-/m0/s1. The number of benzene rings is 1. The molecule has 4 nitrogen and oxygen atoms in total. The number of hydrogen-bond donors (Lipinski definition) is 0. The Hall–Kier alpha value is -1.55. The molecule has 0 N–H and O–H groups in total. The maximum Gasteiger partial charge on any atom is 0.319 e. The molecule has 21 heavy (non-hydrogen) atoms. The van der Waals surface area contributed by atoms with Gasteiger partial charge in [0.05, 0.1) is 7.11 Å². The van der Waals surface area contributed by atoms with Gasteiger partial charge in [0.25, 0.3) is 0 Å². The molecule has 1 saturated carbocycles. The highest BCUT2D eigenvalue weighted by Gasteiger charge is 2.74. The summed E-state index contributed by atoms with van der Waals surface area (Å²) in [5.41, 5.74) is -1.15. The second-order valence-electron chi connectivity index (χ2n) is 6.30. The van der Waals surface area contributed by atoms with Crippen LogP contribution in [0.2, 0.25) is 0 Å². The summed E-state index contributed by atoms with van der Waals surface area (Å²) in [6, 6.07) is 7.02. The molecule has 0 spiro atoms. The molecule has 0 amide bonds. The van der Waals surface area contributed by atoms with E-state index < -0.39 is 21.9 Å². The fourth-order valence-corrected chi connectivity index (χ4v) is 2.83. The number of carbonyl (C=O) groups is 2. The molecule has 0 aromatic heterocycles. The van der Waals surface area contributed by atoms with Gasteiger partial charge in [-0.05, 0) is 44.9 Å². The fourth-order valence-electron chi connectivity index (χ4n) is 2.44. The lowest BCUT2D eigenvalue weighted by molar-refractivity contribution is -0.158. The number of rotatable bonds is 4. The third-order valence-corrected chi connectivity index (χ3v) is 4.15. The average molecular weight is 311 g/mol. The van der Waals surface area contributed by atoms with E-state index in [1.165, 1.54) is 0 Å². The van der Waals surface area contributed by atoms with E-state index in [4.69, 9.17) is 21.1 Å². The normalized spacial score (nSPS) is 27.9. The predicted octanol–water partition coefficient (Wildman–Crippen LogP) is 2.85. The molecule has 1 fully saturated rings. The second-order valence-corrected chi connectivity index (χ2v) is 6.97. The first-order chi connectivity index (χ1) is 9.68. The molecule has 1 aliphatic carbocycles. The zero-order valence-electron chi connectivity index (χ0n) is 12.6. The molecule has 1 aromatic rings. The van der Waals surface area contributed by atoms with Crippen LogP contribution in [-0.2, 0) is 19.7 Å². The van der Waals surface area contributed by atoms with Crippen LogP contribution < -0.4 is 4.74 Å². The van der Waals surface area contributed by atoms with Crippen molar-refractivity contribution in [3.05, 3.63) is 29.8 Å². The van der Waals surface area contributed by atoms with Gasteiger partial charge in [-0.2, -0.15) is 0 Å². The van der Waals surface area contributed by atoms with E-state index in [1.807, 2.05) is 0 Å². The Bertz CT molecular complexity index is 578. The Balaban J connectivity index is 2.45. The van der Waals surface area contributed by atoms with Crippen LogP contribution in [0.4, 0.5) is 0 Å². The van der Waals surface area contributed by atoms with Crippen molar-refractivity contribution in [1.82, 2.24) is 0 Å². The number of esters is 1. The lowest BCUT2D eigenvalue weighted by Crippen LogP contribution is -2.36. The molecule has 0 bridgehead atoms. The smallest absolute Gasteiger partial charge is 0.319 e. The van der Waals surface area contributed by atoms with Crippen molar-refractivity contribution in [3.63, 3.8) is 0 Å². The van der Waals surface area contributed by atoms with E-state index in [2.05, 4.69) is 0 Å². The Morgan fingerprint density at radius 3 is 2.52 bits per heavy atom. The summed E-state index contributed by atoms with van der Waals surface area (Å²) in [6.45, 7) is 5.34. The minimum Gasteiger partial charge on any atom is -0.497 e. The van der Waals surface area contributed by atoms with Crippen LogP contribution in [0.15, 0.2) is 24.3 Å². The van der Waals surface area contributed by atoms with Gasteiger partial charge in [0.15, 0.2) is 0 Å². The van der Waals surface area contributed by atoms with Gasteiger partial charge in [0.2, 0.25) is 0 Å². The van der Waals surface area contributed by atoms with Crippen molar-refractivity contribution in [2.45, 2.75) is 43.1 Å². The molecule has 2 rings (SSSR count). The fraction of sp³-hybridized carbons (Fsp3) is 0.500. The van der Waals surface area contributed by atoms with Crippen molar-refractivity contribution >= 4 is 23.9 Å². The molecule has 0 saturated heterocycles. The van der Waals surface area contributed by atoms with Gasteiger partial charge in [-0.3, -0.25) is 4.79 Å². The summed E-state index contributed by atoms with van der Waals surface area (Å²) in [7, 11) is 1.54. The van der Waals surface area contributed by atoms with Gasteiger partial charge < -0.3 is 14.3 Å². The molecule has 1 aliphatic rings. The first kappa shape index (κ1) is 15.8. The minimum atomic E-state index is -1.25. The topological polar surface area (TPSA) is 52.6 Å². The number of halogens is 1. The van der Waals surface area contributed by atoms with Crippen LogP contribution in [0.1, 0.15) is 32.8 Å². The van der Waals surface area contributed by atoms with Crippen molar-refractivity contribution in [2.75, 3.05) is 7.11 Å². The Morgan fingerprint density at radius 1 is 1.38 bits per heavy atom. The number of methoxy groups -OCH3 is 1. The Morgan fingerprint density at radius 2 is 2.05 bits per heavy atom. The third-order valence-electron chi connectivity index (χ3n) is 3.60. The molecule has 1 aromatic carbocycles. The predicted molar refractivity (Wildman–Crippen MR) is 79.8 cm³/mol. The van der Waals surface area contributed by atoms with E-state index in [0.29, 0.717) is 17.6 Å². The SMILES string of the molecule is COc1cccc([C@]2(C(=O)OC(C)(C)C)C[C@]2(Cl)C=O)c1. The van der Waals surface area contributed by atoms with E-state index in [0.717, 1.165) is 0 Å². The van der Waals surface area contributed by atoms with Gasteiger partial charge in [0.1, 0.15) is 27.9 Å². The number of carbonyl (C=O) groups excluding carboxylic acids is 2. The van der Waals surface area contributed by atoms with Crippen LogP contribution in [-0.4, -0.2) is 29.8 Å². The van der Waals surface area contributed by atoms with Crippen LogP contribution in [0, 0.1) is 0 Å². The summed E-state index contributed by atoms with van der Waals surface area (Å²) >= 11 is 6.30. The van der Waals surface area contributed by atoms with Crippen molar-refractivity contribution in [2.24, 2.45) is 0 Å². The summed E-state index contributed by atoms with van der Waals surface area (Å²) in [5.74, 6) is 0.123. The van der Waals surface area contributed by atoms with E-state index in [9.17, 15) is 9.59 Å². The number of aldehydes is 1. The maximum absolute atomic E-state index is 12.6. The van der Waals surface area contributed by atoms with Crippen LogP contribution >= 0.6 is 11.6 Å². The Labute approximate surface area is 129 Å². The van der Waals surface area contributed by atoms with Crippen LogP contribution in [0.3, 0.4) is 0 Å². The molecular weight excluding hydrogens is 292 g/mol. The molecule has 2 atom stereocenters. The summed E-state index contributed by atoms with van der Waals surface area (Å²) in [5, 5.41) is 0. The average Bonchev–Trinajstić information content (AvgIpc) is 3.06. The van der Waals surface area contributed by atoms with Crippen LogP contribution in [0.25, 0.3) is 0 Å². The zero-order valence-corrected chi connectivity index (χ0v) is 13.4. The first-order valence-corrected chi connectivity index (χ1v) is 7.09. The van der Waals surface area contributed by atoms with Gasteiger partial charge >= 0.3 is 5.97 Å². The van der Waals surface area contributed by atoms with Crippen molar-refractivity contribution in [3.8, 4) is 5.75 Å². The maximum atomic E-state index is 12.6. The van der Waals surface area contributed by atoms with Gasteiger partial charge in [-0.1, -0.05) is 12.1 Å². The van der Waals surface area contributed by atoms with Gasteiger partial charge in [-0.25, -0.2) is 0 Å². The van der Waals surface area contributed by atoms with Gasteiger partial charge in [-0.15, -0.1) is 11.6 Å². The second kappa shape index (κ2) is 5.02. The lowest BCUT2D eigenvalue weighted by atomic mass is 9.92. The summed E-state index contributed by atoms with van der Waals surface area (Å²) in [4.78, 5) is 22.7. The molecule has 0 radical (unpaired) electrons. The highest BCUT2D eigenvalue weighted by atomic mass is 35.5. The van der Waals surface area contributed by atoms with E-state index in [-0.39, 0.29) is 6.42 Å². The summed E-state index contributed by atoms with van der Waals surface area (Å²) < 4.78 is 10.6. The van der Waals surface area contributed by atoms with E-state index >= 15 is 0 Å². The molecule has 5 heteroatoms. The third kappa shape index (κ3) is 2.64. The highest BCUT2D eigenvalue weighted by Crippen LogP contribution is 2.62. The van der Waals surface area contributed by atoms with Gasteiger partial charge in [0, 0.05) is 0 Å². The summed E-state index contributed by atoms with van der Waals surface area (Å²) in [6.07, 6.45) is 0.852. The van der Waals surface area contributed by atoms with Crippen molar-refractivity contribution in [1.29, 1.82) is 0 Å². The van der Waals surface area contributed by atoms with Crippen LogP contribution in [0.5, 0.6) is 5.75 Å². The van der Waals surface area contributed by atoms with E-state index in [1.54, 1.807) is 52.1 Å². The monoisotopic (exact) mass is 310 g/mol. The number of ether oxygens (including phenoxy) is 2. The molecule has 0 aliphatic heterocycles. The first-order valence-electron chi connectivity index (χ1n) is 6.72. The van der Waals surface area contributed by atoms with Crippen molar-refractivity contribution < 1.29 is 19.1 Å². The minimum absolute atomic E-state index is 0.229. The number of alkyl halides is 1. The molecule has 0 unspecified atom stereocenters. The largest absolute Gasteiger partial charge is 0.497 e.